The van der Waals surface area contributed by atoms with Crippen LogP contribution in [0.1, 0.15) is 85.8 Å². The summed E-state index contributed by atoms with van der Waals surface area (Å²) in [5.41, 5.74) is 7.51. The summed E-state index contributed by atoms with van der Waals surface area (Å²) < 4.78 is 11.5. The number of aromatic nitrogens is 6. The second kappa shape index (κ2) is 29.7. The zero-order valence-electron chi connectivity index (χ0n) is 48.6. The third-order valence-corrected chi connectivity index (χ3v) is 14.5. The van der Waals surface area contributed by atoms with Gasteiger partial charge in [-0.1, -0.05) is 104 Å². The minimum atomic E-state index is -0.640. The Bertz CT molecular complexity index is 3630. The Morgan fingerprint density at radius 2 is 1.10 bits per heavy atom. The lowest BCUT2D eigenvalue weighted by atomic mass is 10.0. The Kier molecular flexibility index (Phi) is 22.5. The van der Waals surface area contributed by atoms with Crippen molar-refractivity contribution in [1.29, 1.82) is 0 Å². The maximum Gasteiger partial charge on any atom is 0.410 e. The molecule has 2 saturated heterocycles. The van der Waals surface area contributed by atoms with Gasteiger partial charge in [0.1, 0.15) is 11.2 Å². The number of hydrogen-bond donors (Lipinski definition) is 5. The third kappa shape index (κ3) is 17.9. The molecule has 2 aliphatic heterocycles. The fourth-order valence-corrected chi connectivity index (χ4v) is 10.2. The molecule has 4 aromatic carbocycles. The first-order chi connectivity index (χ1) is 40.6. The summed E-state index contributed by atoms with van der Waals surface area (Å²) in [5.74, 6) is 0.736. The number of aromatic amines is 2. The van der Waals surface area contributed by atoms with Crippen LogP contribution in [0.5, 0.6) is 0 Å². The Balaban J connectivity index is 0.000000227. The molecule has 0 saturated carbocycles. The number of nitrogens with zero attached hydrogens (tertiary/aromatic N) is 7. The van der Waals surface area contributed by atoms with E-state index in [1.165, 1.54) is 6.08 Å². The highest BCUT2D eigenvalue weighted by molar-refractivity contribution is 6.66. The van der Waals surface area contributed by atoms with Gasteiger partial charge in [-0.15, -0.1) is 0 Å². The molecule has 10 rings (SSSR count). The molecule has 2 fully saturated rings. The van der Waals surface area contributed by atoms with Crippen LogP contribution in [0.3, 0.4) is 0 Å². The van der Waals surface area contributed by atoms with Crippen LogP contribution < -0.4 is 16.0 Å². The zero-order valence-corrected chi connectivity index (χ0v) is 50.8. The number of piperidine rings is 2. The average Bonchev–Trinajstić information content (AvgIpc) is 2.82. The number of halogens is 3. The van der Waals surface area contributed by atoms with Gasteiger partial charge in [-0.25, -0.2) is 29.5 Å². The van der Waals surface area contributed by atoms with E-state index in [-0.39, 0.29) is 31.5 Å². The van der Waals surface area contributed by atoms with E-state index in [1.54, 1.807) is 22.2 Å². The molecule has 8 aromatic rings. The van der Waals surface area contributed by atoms with Crippen molar-refractivity contribution >= 4 is 103 Å². The molecule has 3 amide bonds. The first-order valence-electron chi connectivity index (χ1n) is 28.0. The number of carbonyl (C=O) groups is 4. The summed E-state index contributed by atoms with van der Waals surface area (Å²) in [4.78, 5) is 78.1. The standard InChI is InChI=1S/C32H35ClN6O3.C29H33ClN6O2.C3H3ClO.CH4/c1-5-28(40)38-16-8-9-23(20-38)39(31(41)42-32(2,3)4)19-21-12-14-22(15-13-21)36-30-35-18-26(33)29(37-30)25-17-34-27-11-7-6-10-24(25)27;1-29(2,3)38-28(37)36(21-7-6-14-31-15-21)18-19-10-12-20(13-11-19)34-27-33-17-24(30)26(35-27)23-16-32-25-9-5-4-8-22(23)25;1-2-3(4)5;/h5-7,10-15,17-18,23,34H,1,8-9,16,19-20H2,2-4H3,(H,35,36,37);4-5,8-13,16-17,21,31-32H,6-7,14-15,18H2,1-3H3,(H,33,34,35);2H,1H2;1H4/t23-;21-;;/m11../s1. The number of allylic oxidation sites excluding steroid dienone is 1. The fraction of sp³-hybridized carbons (Fsp3) is 0.323. The van der Waals surface area contributed by atoms with Crippen LogP contribution in [0.15, 0.2) is 147 Å². The van der Waals surface area contributed by atoms with Crippen LogP contribution in [0.4, 0.5) is 32.9 Å². The molecule has 4 aromatic heterocycles. The van der Waals surface area contributed by atoms with Crippen molar-refractivity contribution in [3.63, 3.8) is 0 Å². The van der Waals surface area contributed by atoms with Gasteiger partial charge in [0, 0.05) is 95.5 Å². The van der Waals surface area contributed by atoms with Gasteiger partial charge in [0.25, 0.3) is 0 Å². The summed E-state index contributed by atoms with van der Waals surface area (Å²) in [5, 5.41) is 12.4. The van der Waals surface area contributed by atoms with Gasteiger partial charge < -0.3 is 40.3 Å². The molecule has 452 valence electrons. The minimum Gasteiger partial charge on any atom is -0.444 e. The summed E-state index contributed by atoms with van der Waals surface area (Å²) in [6.07, 6.45) is 12.3. The third-order valence-electron chi connectivity index (χ3n) is 13.8. The largest absolute Gasteiger partial charge is 0.444 e. The van der Waals surface area contributed by atoms with Gasteiger partial charge in [0.2, 0.25) is 23.0 Å². The van der Waals surface area contributed by atoms with E-state index in [1.807, 2.05) is 156 Å². The Morgan fingerprint density at radius 1 is 0.663 bits per heavy atom. The molecule has 5 N–H and O–H groups in total. The van der Waals surface area contributed by atoms with E-state index in [0.717, 1.165) is 100 Å². The number of fused-ring (bicyclic) bond motifs is 2. The van der Waals surface area contributed by atoms with Crippen molar-refractivity contribution < 1.29 is 28.7 Å². The summed E-state index contributed by atoms with van der Waals surface area (Å²) in [6, 6.07) is 31.6. The lowest BCUT2D eigenvalue weighted by Crippen LogP contribution is -2.52. The maximum absolute atomic E-state index is 13.3. The minimum absolute atomic E-state index is 0. The Hall–Kier alpha value is -8.29. The number of amides is 3. The fourth-order valence-electron chi connectivity index (χ4n) is 9.77. The van der Waals surface area contributed by atoms with Crippen LogP contribution in [-0.2, 0) is 32.2 Å². The lowest BCUT2D eigenvalue weighted by Gasteiger charge is -2.39. The highest BCUT2D eigenvalue weighted by Crippen LogP contribution is 2.35. The molecular weight excluding hydrogens is 1150 g/mol. The van der Waals surface area contributed by atoms with Crippen molar-refractivity contribution in [2.24, 2.45) is 0 Å². The number of anilines is 4. The number of ether oxygens (including phenoxy) is 2. The number of hydrogen-bond acceptors (Lipinski definition) is 13. The predicted molar refractivity (Wildman–Crippen MR) is 345 cm³/mol. The van der Waals surface area contributed by atoms with Crippen LogP contribution in [0, 0.1) is 0 Å². The molecule has 0 aliphatic carbocycles. The van der Waals surface area contributed by atoms with Crippen LogP contribution in [0.2, 0.25) is 10.0 Å². The van der Waals surface area contributed by atoms with E-state index >= 15 is 0 Å². The Labute approximate surface area is 517 Å². The van der Waals surface area contributed by atoms with Gasteiger partial charge in [-0.3, -0.25) is 19.4 Å². The quantitative estimate of drug-likeness (QED) is 0.0507. The van der Waals surface area contributed by atoms with Crippen molar-refractivity contribution in [2.45, 2.75) is 111 Å². The van der Waals surface area contributed by atoms with Crippen molar-refractivity contribution in [3.05, 3.63) is 168 Å². The normalized spacial score (nSPS) is 14.9. The number of carbonyl (C=O) groups excluding carboxylic acids is 4. The molecule has 0 unspecified atom stereocenters. The molecule has 86 heavy (non-hydrogen) atoms. The number of nitrogens with one attached hydrogen (secondary N) is 5. The molecule has 0 radical (unpaired) electrons. The van der Waals surface area contributed by atoms with E-state index in [2.05, 4.69) is 49.0 Å². The monoisotopic (exact) mass is 1220 g/mol. The first kappa shape index (κ1) is 65.3. The van der Waals surface area contributed by atoms with Gasteiger partial charge in [0.05, 0.1) is 39.9 Å². The molecular formula is C65H75Cl3N12O6. The number of rotatable bonds is 14. The van der Waals surface area contributed by atoms with Crippen LogP contribution >= 0.6 is 34.8 Å². The molecule has 6 heterocycles. The molecule has 0 bridgehead atoms. The second-order valence-corrected chi connectivity index (χ2v) is 23.6. The number of benzene rings is 4. The van der Waals surface area contributed by atoms with E-state index in [4.69, 9.17) is 54.2 Å². The van der Waals surface area contributed by atoms with E-state index in [0.29, 0.717) is 59.5 Å². The number of likely N-dealkylation sites (tertiary alicyclic amines) is 1. The molecule has 0 spiro atoms. The van der Waals surface area contributed by atoms with Gasteiger partial charge in [0.15, 0.2) is 0 Å². The molecule has 2 atom stereocenters. The molecule has 18 nitrogen and oxygen atoms in total. The summed E-state index contributed by atoms with van der Waals surface area (Å²) >= 11 is 17.7. The predicted octanol–water partition coefficient (Wildman–Crippen LogP) is 15.0. The van der Waals surface area contributed by atoms with Crippen molar-refractivity contribution in [2.75, 3.05) is 36.8 Å². The highest BCUT2D eigenvalue weighted by Gasteiger charge is 2.34. The number of H-pyrrole nitrogens is 2. The first-order valence-corrected chi connectivity index (χ1v) is 29.1. The maximum atomic E-state index is 13.3. The number of para-hydroxylation sites is 2. The van der Waals surface area contributed by atoms with Gasteiger partial charge >= 0.3 is 12.2 Å². The van der Waals surface area contributed by atoms with Crippen LogP contribution in [-0.4, -0.2) is 117 Å². The summed E-state index contributed by atoms with van der Waals surface area (Å²) in [7, 11) is 0. The van der Waals surface area contributed by atoms with Gasteiger partial charge in [-0.2, -0.15) is 0 Å². The molecule has 2 aliphatic rings. The highest BCUT2D eigenvalue weighted by atomic mass is 35.5. The van der Waals surface area contributed by atoms with Gasteiger partial charge in [-0.05, 0) is 145 Å². The Morgan fingerprint density at radius 3 is 1.52 bits per heavy atom. The molecule has 21 heteroatoms. The van der Waals surface area contributed by atoms with E-state index < -0.39 is 22.5 Å². The summed E-state index contributed by atoms with van der Waals surface area (Å²) in [6.45, 7) is 21.6. The van der Waals surface area contributed by atoms with E-state index in [9.17, 15) is 19.2 Å². The smallest absolute Gasteiger partial charge is 0.410 e. The SMILES string of the molecule is C.C=CC(=O)Cl.C=CC(=O)N1CCC[C@@H](N(Cc2ccc(Nc3ncc(Cl)c(-c4c[nH]c5ccccc45)n3)cc2)C(=O)OC(C)(C)C)C1.CC(C)(C)OC(=O)N(Cc1ccc(Nc2ncc(Cl)c(-c3c[nH]c4ccccc34)n2)cc1)[C@@H]1CCCNC1. The van der Waals surface area contributed by atoms with Crippen molar-refractivity contribution in [3.8, 4) is 22.5 Å². The topological polar surface area (TPSA) is 216 Å². The van der Waals surface area contributed by atoms with Crippen LogP contribution in [0.25, 0.3) is 44.3 Å². The lowest BCUT2D eigenvalue weighted by molar-refractivity contribution is -0.128. The zero-order chi connectivity index (χ0) is 60.8. The van der Waals surface area contributed by atoms with Crippen molar-refractivity contribution in [1.82, 2.24) is 49.9 Å². The average molecular weight is 1230 g/mol. The second-order valence-electron chi connectivity index (χ2n) is 22.4.